The molecule has 0 unspecified atom stereocenters. The first-order valence-electron chi connectivity index (χ1n) is 13.5. The Labute approximate surface area is 254 Å². The van der Waals surface area contributed by atoms with Gasteiger partial charge in [0.2, 0.25) is 0 Å². The van der Waals surface area contributed by atoms with Crippen molar-refractivity contribution in [2.45, 2.75) is 0 Å². The summed E-state index contributed by atoms with van der Waals surface area (Å²) >= 11 is 0. The molecule has 4 N–H and O–H groups in total. The van der Waals surface area contributed by atoms with Crippen LogP contribution in [-0.2, 0) is 0 Å². The molecule has 44 heavy (non-hydrogen) atoms. The number of rotatable bonds is 8. The lowest BCUT2D eigenvalue weighted by Crippen LogP contribution is -1.93. The molecule has 2 aromatic heterocycles. The van der Waals surface area contributed by atoms with Crippen molar-refractivity contribution in [2.75, 3.05) is 39.9 Å². The molecule has 0 amide bonds. The molecule has 0 fully saturated rings. The maximum atomic E-state index is 5.93. The molecule has 0 radical (unpaired) electrons. The van der Waals surface area contributed by atoms with E-state index in [9.17, 15) is 0 Å². The van der Waals surface area contributed by atoms with E-state index in [1.807, 2.05) is 60.7 Å². The fraction of sp³-hybridized carbons (Fsp3) is 0.118. The SMILES string of the molecule is COc1cc2nccc(Oc3ccc(N)cc3)c2cc1OC.COc1cc2nccc(Oc3ccc(N)cc3)c2cc1OC. The number of hydrogen-bond acceptors (Lipinski definition) is 10. The average molecular weight is 593 g/mol. The van der Waals surface area contributed by atoms with Gasteiger partial charge in [0.05, 0.1) is 39.5 Å². The van der Waals surface area contributed by atoms with Crippen LogP contribution in [0.1, 0.15) is 0 Å². The molecule has 0 saturated carbocycles. The third-order valence-electron chi connectivity index (χ3n) is 6.63. The van der Waals surface area contributed by atoms with Gasteiger partial charge >= 0.3 is 0 Å². The smallest absolute Gasteiger partial charge is 0.162 e. The zero-order valence-electron chi connectivity index (χ0n) is 24.7. The van der Waals surface area contributed by atoms with E-state index >= 15 is 0 Å². The molecule has 0 bridgehead atoms. The highest BCUT2D eigenvalue weighted by molar-refractivity contribution is 5.89. The predicted octanol–water partition coefficient (Wildman–Crippen LogP) is 7.25. The van der Waals surface area contributed by atoms with Crippen LogP contribution in [0.4, 0.5) is 11.4 Å². The van der Waals surface area contributed by atoms with E-state index in [1.165, 1.54) is 0 Å². The summed E-state index contributed by atoms with van der Waals surface area (Å²) in [6.45, 7) is 0. The van der Waals surface area contributed by atoms with Gasteiger partial charge < -0.3 is 39.9 Å². The second-order valence-corrected chi connectivity index (χ2v) is 9.41. The van der Waals surface area contributed by atoms with Crippen molar-refractivity contribution in [3.8, 4) is 46.0 Å². The number of nitrogens with two attached hydrogens (primary N) is 2. The summed E-state index contributed by atoms with van der Waals surface area (Å²) < 4.78 is 33.1. The molecule has 2 heterocycles. The quantitative estimate of drug-likeness (QED) is 0.174. The van der Waals surface area contributed by atoms with Crippen LogP contribution in [0.2, 0.25) is 0 Å². The maximum Gasteiger partial charge on any atom is 0.162 e. The minimum atomic E-state index is 0.630. The zero-order chi connectivity index (χ0) is 31.1. The Bertz CT molecular complexity index is 1740. The number of aromatic nitrogens is 2. The van der Waals surface area contributed by atoms with Crippen LogP contribution in [0, 0.1) is 0 Å². The van der Waals surface area contributed by atoms with Crippen molar-refractivity contribution >= 4 is 33.2 Å². The molecule has 0 saturated heterocycles. The fourth-order valence-electron chi connectivity index (χ4n) is 4.40. The zero-order valence-corrected chi connectivity index (χ0v) is 24.7. The van der Waals surface area contributed by atoms with E-state index < -0.39 is 0 Å². The third kappa shape index (κ3) is 6.60. The number of hydrogen-bond donors (Lipinski definition) is 2. The van der Waals surface area contributed by atoms with Crippen LogP contribution in [0.3, 0.4) is 0 Å². The summed E-state index contributed by atoms with van der Waals surface area (Å²) in [6, 6.07) is 25.4. The second kappa shape index (κ2) is 13.4. The van der Waals surface area contributed by atoms with Gasteiger partial charge in [0.15, 0.2) is 23.0 Å². The van der Waals surface area contributed by atoms with Crippen molar-refractivity contribution in [1.29, 1.82) is 0 Å². The summed E-state index contributed by atoms with van der Waals surface area (Å²) in [5.41, 5.74) is 14.3. The molecule has 0 spiro atoms. The molecule has 224 valence electrons. The van der Waals surface area contributed by atoms with Gasteiger partial charge in [-0.15, -0.1) is 0 Å². The lowest BCUT2D eigenvalue weighted by atomic mass is 10.2. The monoisotopic (exact) mass is 592 g/mol. The Balaban J connectivity index is 0.000000175. The number of pyridine rings is 2. The van der Waals surface area contributed by atoms with E-state index in [0.29, 0.717) is 57.4 Å². The van der Waals surface area contributed by atoms with Crippen LogP contribution in [0.25, 0.3) is 21.8 Å². The molecule has 10 nitrogen and oxygen atoms in total. The van der Waals surface area contributed by atoms with Crippen molar-refractivity contribution in [3.63, 3.8) is 0 Å². The van der Waals surface area contributed by atoms with E-state index in [4.69, 9.17) is 39.9 Å². The largest absolute Gasteiger partial charge is 0.493 e. The summed E-state index contributed by atoms with van der Waals surface area (Å²) in [6.07, 6.45) is 3.39. The van der Waals surface area contributed by atoms with Gasteiger partial charge in [0.1, 0.15) is 23.0 Å². The van der Waals surface area contributed by atoms with E-state index in [-0.39, 0.29) is 0 Å². The Morgan fingerprint density at radius 1 is 0.432 bits per heavy atom. The number of benzene rings is 4. The van der Waals surface area contributed by atoms with Crippen LogP contribution in [-0.4, -0.2) is 38.4 Å². The van der Waals surface area contributed by atoms with Crippen molar-refractivity contribution in [1.82, 2.24) is 9.97 Å². The highest BCUT2D eigenvalue weighted by Crippen LogP contribution is 2.38. The third-order valence-corrected chi connectivity index (χ3v) is 6.63. The summed E-state index contributed by atoms with van der Waals surface area (Å²) in [5.74, 6) is 5.31. The van der Waals surface area contributed by atoms with Crippen molar-refractivity contribution in [2.24, 2.45) is 0 Å². The molecular formula is C34H32N4O6. The number of ether oxygens (including phenoxy) is 6. The van der Waals surface area contributed by atoms with E-state index in [1.54, 1.807) is 65.1 Å². The van der Waals surface area contributed by atoms with Crippen molar-refractivity contribution in [3.05, 3.63) is 97.3 Å². The van der Waals surface area contributed by atoms with Gasteiger partial charge in [-0.05, 0) is 72.8 Å². The number of anilines is 2. The number of nitrogens with zero attached hydrogens (tertiary/aromatic N) is 2. The Morgan fingerprint density at radius 3 is 1.11 bits per heavy atom. The molecule has 10 heteroatoms. The van der Waals surface area contributed by atoms with Crippen LogP contribution in [0.15, 0.2) is 97.3 Å². The molecule has 0 aliphatic rings. The molecular weight excluding hydrogens is 560 g/mol. The average Bonchev–Trinajstić information content (AvgIpc) is 3.06. The number of methoxy groups -OCH3 is 4. The molecule has 6 rings (SSSR count). The van der Waals surface area contributed by atoms with Gasteiger partial charge in [-0.2, -0.15) is 0 Å². The highest BCUT2D eigenvalue weighted by atomic mass is 16.5. The second-order valence-electron chi connectivity index (χ2n) is 9.41. The van der Waals surface area contributed by atoms with Gasteiger partial charge in [-0.3, -0.25) is 9.97 Å². The molecule has 0 atom stereocenters. The Morgan fingerprint density at radius 2 is 0.773 bits per heavy atom. The Kier molecular flexibility index (Phi) is 9.00. The predicted molar refractivity (Wildman–Crippen MR) is 172 cm³/mol. The molecule has 0 aliphatic heterocycles. The minimum absolute atomic E-state index is 0.630. The van der Waals surface area contributed by atoms with Gasteiger partial charge in [-0.25, -0.2) is 0 Å². The van der Waals surface area contributed by atoms with Crippen molar-refractivity contribution < 1.29 is 28.4 Å². The van der Waals surface area contributed by atoms with Gasteiger partial charge in [0, 0.05) is 46.7 Å². The normalized spacial score (nSPS) is 10.5. The van der Waals surface area contributed by atoms with E-state index in [2.05, 4.69) is 9.97 Å². The van der Waals surface area contributed by atoms with E-state index in [0.717, 1.165) is 21.8 Å². The van der Waals surface area contributed by atoms with Crippen LogP contribution < -0.4 is 39.9 Å². The summed E-state index contributed by atoms with van der Waals surface area (Å²) in [7, 11) is 6.39. The molecule has 0 aliphatic carbocycles. The fourth-order valence-corrected chi connectivity index (χ4v) is 4.40. The first-order valence-corrected chi connectivity index (χ1v) is 13.5. The first-order chi connectivity index (χ1) is 21.4. The number of fused-ring (bicyclic) bond motifs is 2. The standard InChI is InChI=1S/2C17H16N2O3/c2*1-20-16-9-13-14(10-17(16)21-2)19-8-7-15(13)22-12-5-3-11(18)4-6-12/h2*3-10H,18H2,1-2H3. The number of nitrogen functional groups attached to an aromatic ring is 2. The maximum absolute atomic E-state index is 5.93. The van der Waals surface area contributed by atoms with Gasteiger partial charge in [0.25, 0.3) is 0 Å². The topological polar surface area (TPSA) is 133 Å². The lowest BCUT2D eigenvalue weighted by Gasteiger charge is -2.12. The minimum Gasteiger partial charge on any atom is -0.493 e. The van der Waals surface area contributed by atoms with Gasteiger partial charge in [-0.1, -0.05) is 0 Å². The van der Waals surface area contributed by atoms with Crippen LogP contribution in [0.5, 0.6) is 46.0 Å². The Hall–Kier alpha value is -5.90. The first kappa shape index (κ1) is 29.6. The molecule has 6 aromatic rings. The summed E-state index contributed by atoms with van der Waals surface area (Å²) in [4.78, 5) is 8.69. The molecule has 4 aromatic carbocycles. The summed E-state index contributed by atoms with van der Waals surface area (Å²) in [5, 5.41) is 1.69. The lowest BCUT2D eigenvalue weighted by molar-refractivity contribution is 0.355. The van der Waals surface area contributed by atoms with Crippen LogP contribution >= 0.6 is 0 Å². The highest BCUT2D eigenvalue weighted by Gasteiger charge is 2.12.